The summed E-state index contributed by atoms with van der Waals surface area (Å²) in [6.07, 6.45) is 3.95. The van der Waals surface area contributed by atoms with E-state index in [1.165, 1.54) is 6.08 Å². The quantitative estimate of drug-likeness (QED) is 0.611. The molecule has 0 saturated carbocycles. The van der Waals surface area contributed by atoms with Gasteiger partial charge in [-0.3, -0.25) is 4.90 Å². The molecule has 2 aliphatic rings. The van der Waals surface area contributed by atoms with Crippen LogP contribution in [0.25, 0.3) is 0 Å². The molecule has 1 N–H and O–H groups in total. The van der Waals surface area contributed by atoms with Crippen LogP contribution in [0, 0.1) is 0 Å². The molecule has 2 rings (SSSR count). The fraction of sp³-hybridized carbons (Fsp3) is 0.588. The van der Waals surface area contributed by atoms with Gasteiger partial charge < -0.3 is 14.6 Å². The number of aliphatic hydroxyl groups excluding tert-OH is 1. The lowest BCUT2D eigenvalue weighted by molar-refractivity contribution is -0.159. The van der Waals surface area contributed by atoms with Gasteiger partial charge in [-0.1, -0.05) is 24.3 Å². The average Bonchev–Trinajstić information content (AvgIpc) is 2.59. The van der Waals surface area contributed by atoms with E-state index in [1.807, 2.05) is 4.90 Å². The first kappa shape index (κ1) is 17.8. The Kier molecular flexibility index (Phi) is 6.50. The summed E-state index contributed by atoms with van der Waals surface area (Å²) in [5.74, 6) is -0.557. The standard InChI is InChI=1S/C17H24FNO4/c1-3-5-12(4-2)15(18)16(21)17-13(6-7-14(20)23-17)19-8-10-22-11-9-19/h3-7,13,15-17,21H,8-11H2,1-2H3/b5-3-,12-4+/t13?,15?,16?,17-/m1/s1. The summed E-state index contributed by atoms with van der Waals surface area (Å²) in [6, 6.07) is -0.353. The topological polar surface area (TPSA) is 59.0 Å². The van der Waals surface area contributed by atoms with Gasteiger partial charge in [0.05, 0.1) is 19.3 Å². The lowest BCUT2D eigenvalue weighted by atomic mass is 9.94. The number of carbonyl (C=O) groups is 1. The number of nitrogens with zero attached hydrogens (tertiary/aromatic N) is 1. The molecule has 1 fully saturated rings. The van der Waals surface area contributed by atoms with Crippen LogP contribution in [-0.4, -0.2) is 66.7 Å². The van der Waals surface area contributed by atoms with Crippen LogP contribution in [0.5, 0.6) is 0 Å². The Hall–Kier alpha value is -1.50. The summed E-state index contributed by atoms with van der Waals surface area (Å²) in [4.78, 5) is 13.6. The Labute approximate surface area is 136 Å². The molecule has 5 nitrogen and oxygen atoms in total. The summed E-state index contributed by atoms with van der Waals surface area (Å²) in [5.41, 5.74) is 0.367. The highest BCUT2D eigenvalue weighted by molar-refractivity contribution is 5.83. The Bertz CT molecular complexity index is 497. The zero-order valence-corrected chi connectivity index (χ0v) is 13.5. The number of aliphatic hydroxyl groups is 1. The lowest BCUT2D eigenvalue weighted by Crippen LogP contribution is -2.56. The first-order valence-electron chi connectivity index (χ1n) is 7.90. The normalized spacial score (nSPS) is 29.6. The Morgan fingerprint density at radius 2 is 2.13 bits per heavy atom. The third-order valence-electron chi connectivity index (χ3n) is 4.13. The molecule has 0 aromatic heterocycles. The average molecular weight is 325 g/mol. The summed E-state index contributed by atoms with van der Waals surface area (Å²) in [7, 11) is 0. The van der Waals surface area contributed by atoms with Crippen molar-refractivity contribution in [3.05, 3.63) is 36.0 Å². The second-order valence-electron chi connectivity index (χ2n) is 5.58. The van der Waals surface area contributed by atoms with Crippen LogP contribution in [0.15, 0.2) is 36.0 Å². The van der Waals surface area contributed by atoms with E-state index in [2.05, 4.69) is 0 Å². The number of halogens is 1. The monoisotopic (exact) mass is 325 g/mol. The summed E-state index contributed by atoms with van der Waals surface area (Å²) in [5, 5.41) is 10.5. The van der Waals surface area contributed by atoms with Gasteiger partial charge in [0, 0.05) is 19.2 Å². The van der Waals surface area contributed by atoms with Crippen molar-refractivity contribution >= 4 is 5.97 Å². The third kappa shape index (κ3) is 4.28. The van der Waals surface area contributed by atoms with Gasteiger partial charge in [0.2, 0.25) is 0 Å². The van der Waals surface area contributed by atoms with Crippen molar-refractivity contribution in [2.45, 2.75) is 38.3 Å². The van der Waals surface area contributed by atoms with Crippen molar-refractivity contribution in [3.8, 4) is 0 Å². The van der Waals surface area contributed by atoms with Crippen LogP contribution in [-0.2, 0) is 14.3 Å². The number of hydrogen-bond donors (Lipinski definition) is 1. The number of rotatable bonds is 5. The molecule has 0 spiro atoms. The molecule has 2 heterocycles. The van der Waals surface area contributed by atoms with Gasteiger partial charge >= 0.3 is 5.97 Å². The van der Waals surface area contributed by atoms with Crippen molar-refractivity contribution in [3.63, 3.8) is 0 Å². The highest BCUT2D eigenvalue weighted by atomic mass is 19.1. The fourth-order valence-corrected chi connectivity index (χ4v) is 2.91. The second kappa shape index (κ2) is 8.38. The predicted molar refractivity (Wildman–Crippen MR) is 84.7 cm³/mol. The number of cyclic esters (lactones) is 1. The minimum atomic E-state index is -1.62. The van der Waals surface area contributed by atoms with E-state index < -0.39 is 24.3 Å². The number of morpholine rings is 1. The van der Waals surface area contributed by atoms with Crippen LogP contribution < -0.4 is 0 Å². The zero-order chi connectivity index (χ0) is 16.8. The maximum Gasteiger partial charge on any atom is 0.330 e. The van der Waals surface area contributed by atoms with E-state index in [4.69, 9.17) is 9.47 Å². The largest absolute Gasteiger partial charge is 0.454 e. The SMILES string of the molecule is C/C=C\C(=C/C)C(F)C(O)[C@@H]1OC(=O)C=CC1N1CCOCC1. The molecular formula is C17H24FNO4. The van der Waals surface area contributed by atoms with Crippen LogP contribution in [0.1, 0.15) is 13.8 Å². The van der Waals surface area contributed by atoms with Gasteiger partial charge in [-0.25, -0.2) is 9.18 Å². The molecule has 0 bridgehead atoms. The highest BCUT2D eigenvalue weighted by Crippen LogP contribution is 2.25. The molecule has 128 valence electrons. The zero-order valence-electron chi connectivity index (χ0n) is 13.5. The number of carbonyl (C=O) groups excluding carboxylic acids is 1. The summed E-state index contributed by atoms with van der Waals surface area (Å²) >= 11 is 0. The van der Waals surface area contributed by atoms with Crippen molar-refractivity contribution in [2.75, 3.05) is 26.3 Å². The van der Waals surface area contributed by atoms with Gasteiger partial charge in [0.1, 0.15) is 6.10 Å². The fourth-order valence-electron chi connectivity index (χ4n) is 2.91. The Morgan fingerprint density at radius 1 is 1.43 bits per heavy atom. The second-order valence-corrected chi connectivity index (χ2v) is 5.58. The molecule has 0 aliphatic carbocycles. The van der Waals surface area contributed by atoms with Gasteiger partial charge in [0.15, 0.2) is 12.3 Å². The van der Waals surface area contributed by atoms with Crippen molar-refractivity contribution in [2.24, 2.45) is 0 Å². The molecule has 0 aromatic carbocycles. The molecule has 23 heavy (non-hydrogen) atoms. The van der Waals surface area contributed by atoms with Crippen LogP contribution in [0.4, 0.5) is 4.39 Å². The minimum Gasteiger partial charge on any atom is -0.454 e. The molecule has 3 unspecified atom stereocenters. The van der Waals surface area contributed by atoms with E-state index in [0.717, 1.165) is 0 Å². The van der Waals surface area contributed by atoms with Crippen LogP contribution >= 0.6 is 0 Å². The molecule has 4 atom stereocenters. The van der Waals surface area contributed by atoms with Gasteiger partial charge in [-0.2, -0.15) is 0 Å². The first-order valence-corrected chi connectivity index (χ1v) is 7.90. The van der Waals surface area contributed by atoms with Gasteiger partial charge in [-0.05, 0) is 19.4 Å². The van der Waals surface area contributed by atoms with Gasteiger partial charge in [-0.15, -0.1) is 0 Å². The molecule has 0 radical (unpaired) electrons. The van der Waals surface area contributed by atoms with E-state index in [-0.39, 0.29) is 6.04 Å². The van der Waals surface area contributed by atoms with Crippen LogP contribution in [0.2, 0.25) is 0 Å². The number of allylic oxidation sites excluding steroid dienone is 3. The molecule has 1 saturated heterocycles. The van der Waals surface area contributed by atoms with E-state index in [0.29, 0.717) is 31.9 Å². The smallest absolute Gasteiger partial charge is 0.330 e. The van der Waals surface area contributed by atoms with E-state index in [9.17, 15) is 14.3 Å². The van der Waals surface area contributed by atoms with Crippen molar-refractivity contribution in [1.82, 2.24) is 4.90 Å². The Balaban J connectivity index is 2.18. The lowest BCUT2D eigenvalue weighted by Gasteiger charge is -2.40. The number of hydrogen-bond acceptors (Lipinski definition) is 5. The first-order chi connectivity index (χ1) is 11.1. The Morgan fingerprint density at radius 3 is 2.74 bits per heavy atom. The third-order valence-corrected chi connectivity index (χ3v) is 4.13. The number of esters is 1. The number of alkyl halides is 1. The van der Waals surface area contributed by atoms with Crippen LogP contribution in [0.3, 0.4) is 0 Å². The van der Waals surface area contributed by atoms with Crippen molar-refractivity contribution < 1.29 is 23.8 Å². The minimum absolute atomic E-state index is 0.353. The van der Waals surface area contributed by atoms with E-state index in [1.54, 1.807) is 38.2 Å². The highest BCUT2D eigenvalue weighted by Gasteiger charge is 2.41. The summed E-state index contributed by atoms with van der Waals surface area (Å²) in [6.45, 7) is 5.93. The molecular weight excluding hydrogens is 301 g/mol. The molecule has 0 aromatic rings. The summed E-state index contributed by atoms with van der Waals surface area (Å²) < 4.78 is 25.2. The molecule has 6 heteroatoms. The van der Waals surface area contributed by atoms with Gasteiger partial charge in [0.25, 0.3) is 0 Å². The number of ether oxygens (including phenoxy) is 2. The maximum atomic E-state index is 14.7. The maximum absolute atomic E-state index is 14.7. The molecule has 2 aliphatic heterocycles. The predicted octanol–water partition coefficient (Wildman–Crippen LogP) is 1.39. The van der Waals surface area contributed by atoms with Crippen molar-refractivity contribution in [1.29, 1.82) is 0 Å². The van der Waals surface area contributed by atoms with E-state index >= 15 is 0 Å². The molecule has 0 amide bonds.